The number of carbonyl (C=O) groups excluding carboxylic acids is 1. The first-order valence-electron chi connectivity index (χ1n) is 7.80. The summed E-state index contributed by atoms with van der Waals surface area (Å²) in [4.78, 5) is 13.1. The van der Waals surface area contributed by atoms with E-state index >= 15 is 0 Å². The Morgan fingerprint density at radius 3 is 1.88 bits per heavy atom. The van der Waals surface area contributed by atoms with Gasteiger partial charge in [0.2, 0.25) is 5.91 Å². The van der Waals surface area contributed by atoms with Crippen molar-refractivity contribution in [2.45, 2.75) is 4.90 Å². The number of benzene rings is 3. The van der Waals surface area contributed by atoms with Crippen LogP contribution in [0.2, 0.25) is 10.0 Å². The molecule has 0 unspecified atom stereocenters. The fourth-order valence-electron chi connectivity index (χ4n) is 2.12. The molecule has 0 spiro atoms. The number of ether oxygens (including phenoxy) is 1. The van der Waals surface area contributed by atoms with Crippen LogP contribution in [0.15, 0.2) is 77.7 Å². The van der Waals surface area contributed by atoms with Crippen molar-refractivity contribution in [3.8, 4) is 11.5 Å². The zero-order chi connectivity index (χ0) is 18.4. The highest BCUT2D eigenvalue weighted by atomic mass is 35.5. The maximum absolute atomic E-state index is 12.1. The van der Waals surface area contributed by atoms with Crippen LogP contribution in [-0.2, 0) is 4.79 Å². The van der Waals surface area contributed by atoms with Gasteiger partial charge < -0.3 is 10.1 Å². The van der Waals surface area contributed by atoms with E-state index in [9.17, 15) is 4.79 Å². The number of halogens is 2. The molecule has 0 saturated heterocycles. The molecule has 6 heteroatoms. The van der Waals surface area contributed by atoms with Crippen molar-refractivity contribution in [3.05, 3.63) is 82.8 Å². The van der Waals surface area contributed by atoms with Crippen LogP contribution in [0.25, 0.3) is 0 Å². The van der Waals surface area contributed by atoms with Crippen molar-refractivity contribution in [1.82, 2.24) is 0 Å². The van der Waals surface area contributed by atoms with Crippen LogP contribution in [0.1, 0.15) is 0 Å². The van der Waals surface area contributed by atoms with Crippen molar-refractivity contribution in [1.29, 1.82) is 0 Å². The van der Waals surface area contributed by atoms with Gasteiger partial charge in [-0.25, -0.2) is 0 Å². The number of thioether (sulfide) groups is 1. The van der Waals surface area contributed by atoms with E-state index in [1.807, 2.05) is 12.1 Å². The molecule has 3 nitrogen and oxygen atoms in total. The second-order valence-electron chi connectivity index (χ2n) is 5.37. The highest BCUT2D eigenvalue weighted by molar-refractivity contribution is 8.00. The van der Waals surface area contributed by atoms with E-state index in [1.54, 1.807) is 60.7 Å². The SMILES string of the molecule is O=C(CSc1ccc(Cl)cc1)Nc1ccc(Oc2ccc(Cl)cc2)cc1. The molecule has 132 valence electrons. The van der Waals surface area contributed by atoms with E-state index in [0.29, 0.717) is 27.3 Å². The lowest BCUT2D eigenvalue weighted by Gasteiger charge is -2.08. The Bertz CT molecular complexity index is 866. The first-order chi connectivity index (χ1) is 12.6. The summed E-state index contributed by atoms with van der Waals surface area (Å²) in [5, 5.41) is 4.20. The largest absolute Gasteiger partial charge is 0.457 e. The van der Waals surface area contributed by atoms with Gasteiger partial charge >= 0.3 is 0 Å². The van der Waals surface area contributed by atoms with Crippen molar-refractivity contribution < 1.29 is 9.53 Å². The molecule has 0 radical (unpaired) electrons. The number of rotatable bonds is 6. The van der Waals surface area contributed by atoms with Crippen LogP contribution in [0.5, 0.6) is 11.5 Å². The smallest absolute Gasteiger partial charge is 0.234 e. The summed E-state index contributed by atoms with van der Waals surface area (Å²) in [5.74, 6) is 1.63. The summed E-state index contributed by atoms with van der Waals surface area (Å²) < 4.78 is 5.72. The molecule has 0 heterocycles. The lowest BCUT2D eigenvalue weighted by atomic mass is 10.3. The maximum atomic E-state index is 12.1. The first kappa shape index (κ1) is 18.6. The number of amides is 1. The van der Waals surface area contributed by atoms with Gasteiger partial charge in [-0.15, -0.1) is 11.8 Å². The van der Waals surface area contributed by atoms with Crippen molar-refractivity contribution in [2.24, 2.45) is 0 Å². The molecule has 0 saturated carbocycles. The van der Waals surface area contributed by atoms with E-state index in [4.69, 9.17) is 27.9 Å². The third-order valence-electron chi connectivity index (χ3n) is 3.37. The van der Waals surface area contributed by atoms with Crippen molar-refractivity contribution in [2.75, 3.05) is 11.1 Å². The second-order valence-corrected chi connectivity index (χ2v) is 7.29. The number of hydrogen-bond acceptors (Lipinski definition) is 3. The first-order valence-corrected chi connectivity index (χ1v) is 9.54. The Balaban J connectivity index is 1.50. The molecule has 0 aliphatic carbocycles. The molecule has 1 amide bonds. The number of carbonyl (C=O) groups is 1. The Hall–Kier alpha value is -2.14. The summed E-state index contributed by atoms with van der Waals surface area (Å²) in [6.07, 6.45) is 0. The van der Waals surface area contributed by atoms with Gasteiger partial charge in [-0.05, 0) is 72.8 Å². The normalized spacial score (nSPS) is 10.4. The molecule has 1 N–H and O–H groups in total. The minimum Gasteiger partial charge on any atom is -0.457 e. The summed E-state index contributed by atoms with van der Waals surface area (Å²) in [6.45, 7) is 0. The average Bonchev–Trinajstić information content (AvgIpc) is 2.65. The molecule has 0 aliphatic heterocycles. The van der Waals surface area contributed by atoms with Gasteiger partial charge in [0.25, 0.3) is 0 Å². The third kappa shape index (κ3) is 5.70. The minimum absolute atomic E-state index is 0.0729. The van der Waals surface area contributed by atoms with E-state index in [-0.39, 0.29) is 5.91 Å². The van der Waals surface area contributed by atoms with Crippen molar-refractivity contribution >= 4 is 46.6 Å². The highest BCUT2D eigenvalue weighted by Gasteiger charge is 2.05. The number of nitrogens with one attached hydrogen (secondary N) is 1. The van der Waals surface area contributed by atoms with Crippen LogP contribution < -0.4 is 10.1 Å². The summed E-state index contributed by atoms with van der Waals surface area (Å²) in [6, 6.07) is 21.7. The molecule has 26 heavy (non-hydrogen) atoms. The average molecular weight is 404 g/mol. The van der Waals surface area contributed by atoms with Gasteiger partial charge in [0.05, 0.1) is 5.75 Å². The standard InChI is InChI=1S/C20H15Cl2NO2S/c21-14-1-7-17(8-2-14)25-18-9-5-16(6-10-18)23-20(24)13-26-19-11-3-15(22)4-12-19/h1-12H,13H2,(H,23,24). The van der Waals surface area contributed by atoms with Gasteiger partial charge in [0.1, 0.15) is 11.5 Å². The van der Waals surface area contributed by atoms with E-state index < -0.39 is 0 Å². The summed E-state index contributed by atoms with van der Waals surface area (Å²) in [5.41, 5.74) is 0.718. The van der Waals surface area contributed by atoms with Crippen LogP contribution in [0, 0.1) is 0 Å². The number of anilines is 1. The molecule has 0 fully saturated rings. The predicted molar refractivity (Wildman–Crippen MR) is 109 cm³/mol. The highest BCUT2D eigenvalue weighted by Crippen LogP contribution is 2.25. The Kier molecular flexibility index (Phi) is 6.45. The van der Waals surface area contributed by atoms with Gasteiger partial charge in [-0.3, -0.25) is 4.79 Å². The molecule has 3 rings (SSSR count). The minimum atomic E-state index is -0.0729. The van der Waals surface area contributed by atoms with Gasteiger partial charge in [-0.2, -0.15) is 0 Å². The second kappa shape index (κ2) is 8.99. The quantitative estimate of drug-likeness (QED) is 0.476. The molecule has 0 atom stereocenters. The molecule has 0 bridgehead atoms. The fourth-order valence-corrected chi connectivity index (χ4v) is 3.07. The Labute approximate surface area is 166 Å². The zero-order valence-corrected chi connectivity index (χ0v) is 15.9. The Morgan fingerprint density at radius 2 is 1.31 bits per heavy atom. The molecular formula is C20H15Cl2NO2S. The molecule has 3 aromatic carbocycles. The molecule has 3 aromatic rings. The maximum Gasteiger partial charge on any atom is 0.234 e. The topological polar surface area (TPSA) is 38.3 Å². The summed E-state index contributed by atoms with van der Waals surface area (Å²) in [7, 11) is 0. The van der Waals surface area contributed by atoms with Gasteiger partial charge in [-0.1, -0.05) is 23.2 Å². The Morgan fingerprint density at radius 1 is 0.808 bits per heavy atom. The lowest BCUT2D eigenvalue weighted by molar-refractivity contribution is -0.113. The lowest BCUT2D eigenvalue weighted by Crippen LogP contribution is -2.13. The van der Waals surface area contributed by atoms with E-state index in [2.05, 4.69) is 5.32 Å². The predicted octanol–water partition coefficient (Wildman–Crippen LogP) is 6.52. The van der Waals surface area contributed by atoms with Gasteiger partial charge in [0, 0.05) is 20.6 Å². The molecule has 0 aromatic heterocycles. The van der Waals surface area contributed by atoms with Crippen molar-refractivity contribution in [3.63, 3.8) is 0 Å². The van der Waals surface area contributed by atoms with E-state index in [0.717, 1.165) is 10.6 Å². The third-order valence-corrected chi connectivity index (χ3v) is 4.89. The molecular weight excluding hydrogens is 389 g/mol. The van der Waals surface area contributed by atoms with Crippen LogP contribution in [-0.4, -0.2) is 11.7 Å². The number of hydrogen-bond donors (Lipinski definition) is 1. The molecule has 0 aliphatic rings. The van der Waals surface area contributed by atoms with E-state index in [1.165, 1.54) is 11.8 Å². The zero-order valence-electron chi connectivity index (χ0n) is 13.6. The van der Waals surface area contributed by atoms with Gasteiger partial charge in [0.15, 0.2) is 0 Å². The van der Waals surface area contributed by atoms with Crippen LogP contribution in [0.3, 0.4) is 0 Å². The monoisotopic (exact) mass is 403 g/mol. The van der Waals surface area contributed by atoms with Crippen LogP contribution in [0.4, 0.5) is 5.69 Å². The summed E-state index contributed by atoms with van der Waals surface area (Å²) >= 11 is 13.2. The van der Waals surface area contributed by atoms with Crippen LogP contribution >= 0.6 is 35.0 Å². The fraction of sp³-hybridized carbons (Fsp3) is 0.0500.